The number of nitrogens with one attached hydrogen (secondary N) is 2. The Labute approximate surface area is 286 Å². The van der Waals surface area contributed by atoms with Crippen LogP contribution in [0.3, 0.4) is 0 Å². The summed E-state index contributed by atoms with van der Waals surface area (Å²) in [4.78, 5) is 29.3. The molecule has 0 saturated carbocycles. The fourth-order valence-electron chi connectivity index (χ4n) is 5.99. The molecule has 0 unspecified atom stereocenters. The maximum atomic E-state index is 13.3. The van der Waals surface area contributed by atoms with Crippen LogP contribution in [-0.4, -0.2) is 46.8 Å². The number of rotatable bonds is 8. The normalized spacial score (nSPS) is 13.7. The Balaban J connectivity index is 1.04. The maximum absolute atomic E-state index is 13.3. The molecule has 3 aromatic carbocycles. The standard InChI is InChI=1S/C39H43N5O3S/c1-26-9-13-32(14-10-26)44-36(24-35(42-44)39(2,3)4)41-38(46)40-31-8-6-7-28(22-31)21-27-17-19-43(20-18-27)37(45)34-23-30(25-48-34)29-11-15-33(47-5)16-12-29/h6-16,22-25,27H,17-21H2,1-5H3,(H2,40,41,46). The van der Waals surface area contributed by atoms with E-state index < -0.39 is 0 Å². The van der Waals surface area contributed by atoms with E-state index in [4.69, 9.17) is 9.84 Å². The first-order chi connectivity index (χ1) is 23.1. The first-order valence-electron chi connectivity index (χ1n) is 16.4. The van der Waals surface area contributed by atoms with Gasteiger partial charge in [0.2, 0.25) is 0 Å². The number of amides is 3. The van der Waals surface area contributed by atoms with E-state index in [2.05, 4.69) is 37.5 Å². The number of hydrogen-bond donors (Lipinski definition) is 2. The minimum atomic E-state index is -0.323. The van der Waals surface area contributed by atoms with E-state index in [0.717, 1.165) is 76.7 Å². The van der Waals surface area contributed by atoms with Gasteiger partial charge in [-0.15, -0.1) is 11.3 Å². The van der Waals surface area contributed by atoms with Crippen LogP contribution in [0.15, 0.2) is 90.3 Å². The second-order valence-electron chi connectivity index (χ2n) is 13.6. The Bertz CT molecular complexity index is 1880. The molecule has 6 rings (SSSR count). The van der Waals surface area contributed by atoms with Gasteiger partial charge in [0.05, 0.1) is 23.4 Å². The van der Waals surface area contributed by atoms with Crippen molar-refractivity contribution in [3.8, 4) is 22.6 Å². The minimum absolute atomic E-state index is 0.105. The number of ether oxygens (including phenoxy) is 1. The molecule has 0 spiro atoms. The molecule has 1 aliphatic heterocycles. The van der Waals surface area contributed by atoms with Gasteiger partial charge in [0.1, 0.15) is 11.6 Å². The predicted molar refractivity (Wildman–Crippen MR) is 195 cm³/mol. The summed E-state index contributed by atoms with van der Waals surface area (Å²) in [6.45, 7) is 9.85. The zero-order valence-electron chi connectivity index (χ0n) is 28.2. The number of thiophene rings is 1. The highest BCUT2D eigenvalue weighted by atomic mass is 32.1. The van der Waals surface area contributed by atoms with Crippen molar-refractivity contribution in [3.63, 3.8) is 0 Å². The van der Waals surface area contributed by atoms with Gasteiger partial charge in [-0.25, -0.2) is 9.48 Å². The molecule has 48 heavy (non-hydrogen) atoms. The van der Waals surface area contributed by atoms with Crippen molar-refractivity contribution < 1.29 is 14.3 Å². The molecule has 2 aromatic heterocycles. The zero-order chi connectivity index (χ0) is 33.8. The molecule has 0 radical (unpaired) electrons. The molecular formula is C39H43N5O3S. The number of nitrogens with zero attached hydrogens (tertiary/aromatic N) is 3. The molecule has 248 valence electrons. The topological polar surface area (TPSA) is 88.5 Å². The van der Waals surface area contributed by atoms with Gasteiger partial charge in [-0.3, -0.25) is 10.1 Å². The Morgan fingerprint density at radius 2 is 1.65 bits per heavy atom. The molecule has 1 fully saturated rings. The average Bonchev–Trinajstić information content (AvgIpc) is 3.74. The van der Waals surface area contributed by atoms with Gasteiger partial charge in [-0.05, 0) is 96.6 Å². The van der Waals surface area contributed by atoms with E-state index in [1.165, 1.54) is 16.9 Å². The maximum Gasteiger partial charge on any atom is 0.324 e. The van der Waals surface area contributed by atoms with E-state index in [0.29, 0.717) is 11.7 Å². The Morgan fingerprint density at radius 3 is 2.33 bits per heavy atom. The van der Waals surface area contributed by atoms with Crippen molar-refractivity contribution in [2.75, 3.05) is 30.8 Å². The summed E-state index contributed by atoms with van der Waals surface area (Å²) in [7, 11) is 1.66. The largest absolute Gasteiger partial charge is 0.497 e. The van der Waals surface area contributed by atoms with Gasteiger partial charge in [-0.2, -0.15) is 5.10 Å². The molecule has 0 atom stereocenters. The molecule has 8 nitrogen and oxygen atoms in total. The summed E-state index contributed by atoms with van der Waals surface area (Å²) >= 11 is 1.50. The first kappa shape index (κ1) is 33.0. The zero-order valence-corrected chi connectivity index (χ0v) is 29.1. The summed E-state index contributed by atoms with van der Waals surface area (Å²) in [6.07, 6.45) is 2.79. The Morgan fingerprint density at radius 1 is 0.917 bits per heavy atom. The molecule has 1 saturated heterocycles. The number of piperidine rings is 1. The van der Waals surface area contributed by atoms with Crippen molar-refractivity contribution in [2.45, 2.75) is 52.4 Å². The monoisotopic (exact) mass is 661 g/mol. The van der Waals surface area contributed by atoms with Crippen molar-refractivity contribution >= 4 is 34.8 Å². The lowest BCUT2D eigenvalue weighted by atomic mass is 9.90. The second-order valence-corrected chi connectivity index (χ2v) is 14.5. The number of aromatic nitrogens is 2. The summed E-state index contributed by atoms with van der Waals surface area (Å²) in [5.41, 5.74) is 6.78. The predicted octanol–water partition coefficient (Wildman–Crippen LogP) is 8.95. The van der Waals surface area contributed by atoms with Crippen molar-refractivity contribution in [1.82, 2.24) is 14.7 Å². The van der Waals surface area contributed by atoms with Gasteiger partial charge >= 0.3 is 6.03 Å². The van der Waals surface area contributed by atoms with Crippen LogP contribution >= 0.6 is 11.3 Å². The van der Waals surface area contributed by atoms with Crippen molar-refractivity contribution in [3.05, 3.63) is 112 Å². The molecule has 5 aromatic rings. The van der Waals surface area contributed by atoms with Gasteiger partial charge in [0.15, 0.2) is 0 Å². The molecule has 3 heterocycles. The third-order valence-electron chi connectivity index (χ3n) is 8.84. The fourth-order valence-corrected chi connectivity index (χ4v) is 6.87. The quantitative estimate of drug-likeness (QED) is 0.174. The summed E-state index contributed by atoms with van der Waals surface area (Å²) in [6, 6.07) is 27.6. The van der Waals surface area contributed by atoms with Crippen molar-refractivity contribution in [1.29, 1.82) is 0 Å². The fraction of sp³-hybridized carbons (Fsp3) is 0.308. The van der Waals surface area contributed by atoms with Crippen LogP contribution in [-0.2, 0) is 11.8 Å². The second kappa shape index (κ2) is 14.1. The molecule has 0 bridgehead atoms. The highest BCUT2D eigenvalue weighted by Gasteiger charge is 2.25. The third-order valence-corrected chi connectivity index (χ3v) is 9.76. The van der Waals surface area contributed by atoms with Crippen LogP contribution in [0.2, 0.25) is 0 Å². The van der Waals surface area contributed by atoms with Gasteiger partial charge in [0.25, 0.3) is 5.91 Å². The number of methoxy groups -OCH3 is 1. The summed E-state index contributed by atoms with van der Waals surface area (Å²) < 4.78 is 7.05. The van der Waals surface area contributed by atoms with E-state index in [1.54, 1.807) is 11.8 Å². The van der Waals surface area contributed by atoms with Crippen LogP contribution in [0, 0.1) is 12.8 Å². The number of aryl methyl sites for hydroxylation is 1. The van der Waals surface area contributed by atoms with Crippen LogP contribution in [0.1, 0.15) is 60.1 Å². The average molecular weight is 662 g/mol. The first-order valence-corrected chi connectivity index (χ1v) is 17.3. The molecule has 1 aliphatic rings. The lowest BCUT2D eigenvalue weighted by molar-refractivity contribution is 0.0695. The number of hydrogen-bond acceptors (Lipinski definition) is 5. The lowest BCUT2D eigenvalue weighted by Crippen LogP contribution is -2.38. The van der Waals surface area contributed by atoms with Crippen molar-refractivity contribution in [2.24, 2.45) is 5.92 Å². The molecule has 2 N–H and O–H groups in total. The number of urea groups is 1. The summed E-state index contributed by atoms with van der Waals surface area (Å²) in [5, 5.41) is 12.9. The number of anilines is 2. The summed E-state index contributed by atoms with van der Waals surface area (Å²) in [5.74, 6) is 2.00. The number of carbonyl (C=O) groups excluding carboxylic acids is 2. The van der Waals surface area contributed by atoms with Crippen LogP contribution in [0.4, 0.5) is 16.3 Å². The SMILES string of the molecule is COc1ccc(-c2csc(C(=O)N3CCC(Cc4cccc(NC(=O)Nc5cc(C(C)(C)C)nn5-c5ccc(C)cc5)c4)CC3)c2)cc1. The lowest BCUT2D eigenvalue weighted by Gasteiger charge is -2.32. The van der Waals surface area contributed by atoms with Crippen LogP contribution < -0.4 is 15.4 Å². The molecular weight excluding hydrogens is 619 g/mol. The van der Waals surface area contributed by atoms with E-state index in [-0.39, 0.29) is 17.4 Å². The van der Waals surface area contributed by atoms with E-state index >= 15 is 0 Å². The smallest absolute Gasteiger partial charge is 0.324 e. The third kappa shape index (κ3) is 7.80. The Hall–Kier alpha value is -4.89. The van der Waals surface area contributed by atoms with Gasteiger partial charge in [-0.1, -0.05) is 62.7 Å². The molecule has 9 heteroatoms. The van der Waals surface area contributed by atoms with E-state index in [9.17, 15) is 9.59 Å². The molecule has 0 aliphatic carbocycles. The molecule has 3 amide bonds. The van der Waals surface area contributed by atoms with Gasteiger partial charge < -0.3 is 15.0 Å². The van der Waals surface area contributed by atoms with Crippen LogP contribution in [0.25, 0.3) is 16.8 Å². The van der Waals surface area contributed by atoms with Gasteiger partial charge in [0, 0.05) is 30.3 Å². The number of likely N-dealkylation sites (tertiary alicyclic amines) is 1. The highest BCUT2D eigenvalue weighted by Crippen LogP contribution is 2.31. The van der Waals surface area contributed by atoms with E-state index in [1.807, 2.05) is 96.1 Å². The number of benzene rings is 3. The highest BCUT2D eigenvalue weighted by molar-refractivity contribution is 7.12. The number of carbonyl (C=O) groups is 2. The Kier molecular flexibility index (Phi) is 9.68. The minimum Gasteiger partial charge on any atom is -0.497 e. The van der Waals surface area contributed by atoms with Crippen LogP contribution in [0.5, 0.6) is 5.75 Å².